The van der Waals surface area contributed by atoms with Crippen molar-refractivity contribution in [2.45, 2.75) is 26.7 Å². The number of para-hydroxylation sites is 1. The molecule has 1 heterocycles. The summed E-state index contributed by atoms with van der Waals surface area (Å²) in [5.74, 6) is 1.85. The summed E-state index contributed by atoms with van der Waals surface area (Å²) in [7, 11) is 0. The van der Waals surface area contributed by atoms with Crippen LogP contribution < -0.4 is 0 Å². The van der Waals surface area contributed by atoms with Gasteiger partial charge < -0.3 is 4.42 Å². The third-order valence-electron chi connectivity index (χ3n) is 2.44. The van der Waals surface area contributed by atoms with E-state index in [2.05, 4.69) is 26.0 Å². The van der Waals surface area contributed by atoms with E-state index < -0.39 is 0 Å². The Morgan fingerprint density at radius 2 is 2.00 bits per heavy atom. The average Bonchev–Trinajstić information content (AvgIpc) is 2.57. The summed E-state index contributed by atoms with van der Waals surface area (Å²) in [6, 6.07) is 10.3. The minimum absolute atomic E-state index is 0.739. The molecule has 0 N–H and O–H groups in total. The normalized spacial score (nSPS) is 11.4. The van der Waals surface area contributed by atoms with E-state index in [0.29, 0.717) is 0 Å². The number of aryl methyl sites for hydroxylation is 1. The Kier molecular flexibility index (Phi) is 2.58. The van der Waals surface area contributed by atoms with Crippen LogP contribution in [0.5, 0.6) is 0 Å². The Morgan fingerprint density at radius 3 is 2.71 bits per heavy atom. The summed E-state index contributed by atoms with van der Waals surface area (Å²) in [6.45, 7) is 4.48. The van der Waals surface area contributed by atoms with Crippen molar-refractivity contribution in [2.24, 2.45) is 5.92 Å². The Morgan fingerprint density at radius 1 is 1.21 bits per heavy atom. The highest BCUT2D eigenvalue weighted by Gasteiger charge is 2.03. The predicted octanol–water partition coefficient (Wildman–Crippen LogP) is 4.02. The van der Waals surface area contributed by atoms with Gasteiger partial charge in [-0.25, -0.2) is 0 Å². The molecule has 0 saturated carbocycles. The molecular weight excluding hydrogens is 172 g/mol. The lowest BCUT2D eigenvalue weighted by Gasteiger charge is -2.00. The van der Waals surface area contributed by atoms with Gasteiger partial charge in [-0.05, 0) is 24.5 Å². The van der Waals surface area contributed by atoms with Gasteiger partial charge in [0.1, 0.15) is 11.3 Å². The highest BCUT2D eigenvalue weighted by Crippen LogP contribution is 2.20. The molecule has 0 unspecified atom stereocenters. The fraction of sp³-hybridized carbons (Fsp3) is 0.385. The van der Waals surface area contributed by atoms with Crippen molar-refractivity contribution in [1.29, 1.82) is 0 Å². The van der Waals surface area contributed by atoms with Gasteiger partial charge in [-0.1, -0.05) is 32.0 Å². The maximum Gasteiger partial charge on any atom is 0.134 e. The minimum atomic E-state index is 0.739. The molecule has 1 aromatic heterocycles. The quantitative estimate of drug-likeness (QED) is 0.709. The molecule has 0 fully saturated rings. The van der Waals surface area contributed by atoms with Crippen LogP contribution in [0.15, 0.2) is 34.7 Å². The van der Waals surface area contributed by atoms with Gasteiger partial charge in [0.2, 0.25) is 0 Å². The van der Waals surface area contributed by atoms with Crippen LogP contribution in [0.4, 0.5) is 0 Å². The van der Waals surface area contributed by atoms with Gasteiger partial charge in [0, 0.05) is 11.8 Å². The first-order valence-corrected chi connectivity index (χ1v) is 5.23. The summed E-state index contributed by atoms with van der Waals surface area (Å²) < 4.78 is 5.72. The molecule has 0 spiro atoms. The number of hydrogen-bond acceptors (Lipinski definition) is 1. The first kappa shape index (κ1) is 9.32. The Balaban J connectivity index is 2.19. The number of rotatable bonds is 3. The van der Waals surface area contributed by atoms with Crippen LogP contribution in [0.1, 0.15) is 26.0 Å². The topological polar surface area (TPSA) is 13.1 Å². The molecule has 2 rings (SSSR count). The minimum Gasteiger partial charge on any atom is -0.461 e. The molecule has 1 aromatic carbocycles. The van der Waals surface area contributed by atoms with Gasteiger partial charge in [0.15, 0.2) is 0 Å². The van der Waals surface area contributed by atoms with Crippen LogP contribution in [-0.4, -0.2) is 0 Å². The van der Waals surface area contributed by atoms with E-state index in [1.165, 1.54) is 11.8 Å². The highest BCUT2D eigenvalue weighted by molar-refractivity contribution is 5.77. The maximum atomic E-state index is 5.72. The van der Waals surface area contributed by atoms with Crippen molar-refractivity contribution in [3.05, 3.63) is 36.1 Å². The second kappa shape index (κ2) is 3.87. The molecule has 0 atom stereocenters. The molecule has 2 aromatic rings. The van der Waals surface area contributed by atoms with Crippen LogP contribution in [0.2, 0.25) is 0 Å². The van der Waals surface area contributed by atoms with Gasteiger partial charge in [-0.15, -0.1) is 0 Å². The fourth-order valence-electron chi connectivity index (χ4n) is 1.59. The molecule has 1 nitrogen and oxygen atoms in total. The second-order valence-electron chi connectivity index (χ2n) is 4.18. The third kappa shape index (κ3) is 1.98. The second-order valence-corrected chi connectivity index (χ2v) is 4.18. The van der Waals surface area contributed by atoms with Crippen molar-refractivity contribution in [3.8, 4) is 0 Å². The van der Waals surface area contributed by atoms with Crippen LogP contribution >= 0.6 is 0 Å². The lowest BCUT2D eigenvalue weighted by Crippen LogP contribution is -1.89. The number of hydrogen-bond donors (Lipinski definition) is 0. The predicted molar refractivity (Wildman–Crippen MR) is 59.4 cm³/mol. The standard InChI is InChI=1S/C13H16O/c1-10(2)7-8-12-9-11-5-3-4-6-13(11)14-12/h3-6,9-10H,7-8H2,1-2H3. The summed E-state index contributed by atoms with van der Waals surface area (Å²) in [5, 5.41) is 1.21. The molecule has 0 aliphatic rings. The van der Waals surface area contributed by atoms with Crippen LogP contribution in [0, 0.1) is 5.92 Å². The van der Waals surface area contributed by atoms with Crippen molar-refractivity contribution in [2.75, 3.05) is 0 Å². The van der Waals surface area contributed by atoms with Crippen molar-refractivity contribution < 1.29 is 4.42 Å². The SMILES string of the molecule is CC(C)CCc1cc2ccccc2o1. The van der Waals surface area contributed by atoms with Crippen LogP contribution in [-0.2, 0) is 6.42 Å². The van der Waals surface area contributed by atoms with E-state index in [9.17, 15) is 0 Å². The van der Waals surface area contributed by atoms with Crippen LogP contribution in [0.3, 0.4) is 0 Å². The highest BCUT2D eigenvalue weighted by atomic mass is 16.3. The molecule has 74 valence electrons. The van der Waals surface area contributed by atoms with E-state index in [0.717, 1.165) is 23.7 Å². The smallest absolute Gasteiger partial charge is 0.134 e. The van der Waals surface area contributed by atoms with E-state index in [1.54, 1.807) is 0 Å². The molecule has 14 heavy (non-hydrogen) atoms. The first-order chi connectivity index (χ1) is 6.75. The summed E-state index contributed by atoms with van der Waals surface area (Å²) in [5.41, 5.74) is 1.01. The van der Waals surface area contributed by atoms with Crippen molar-refractivity contribution >= 4 is 11.0 Å². The zero-order valence-corrected chi connectivity index (χ0v) is 8.79. The maximum absolute atomic E-state index is 5.72. The molecule has 0 saturated heterocycles. The average molecular weight is 188 g/mol. The number of furan rings is 1. The summed E-state index contributed by atoms with van der Waals surface area (Å²) in [4.78, 5) is 0. The molecule has 0 amide bonds. The molecule has 0 radical (unpaired) electrons. The van der Waals surface area contributed by atoms with Gasteiger partial charge in [-0.3, -0.25) is 0 Å². The fourth-order valence-corrected chi connectivity index (χ4v) is 1.59. The van der Waals surface area contributed by atoms with E-state index in [4.69, 9.17) is 4.42 Å². The van der Waals surface area contributed by atoms with E-state index in [1.807, 2.05) is 18.2 Å². The zero-order valence-electron chi connectivity index (χ0n) is 8.79. The lowest BCUT2D eigenvalue weighted by atomic mass is 10.1. The largest absolute Gasteiger partial charge is 0.461 e. The molecule has 1 heteroatoms. The summed E-state index contributed by atoms with van der Waals surface area (Å²) >= 11 is 0. The van der Waals surface area contributed by atoms with Gasteiger partial charge in [0.05, 0.1) is 0 Å². The Labute approximate surface area is 84.7 Å². The molecule has 0 aliphatic heterocycles. The Hall–Kier alpha value is -1.24. The van der Waals surface area contributed by atoms with E-state index >= 15 is 0 Å². The third-order valence-corrected chi connectivity index (χ3v) is 2.44. The zero-order chi connectivity index (χ0) is 9.97. The van der Waals surface area contributed by atoms with E-state index in [-0.39, 0.29) is 0 Å². The van der Waals surface area contributed by atoms with Crippen molar-refractivity contribution in [1.82, 2.24) is 0 Å². The van der Waals surface area contributed by atoms with Crippen molar-refractivity contribution in [3.63, 3.8) is 0 Å². The van der Waals surface area contributed by atoms with Gasteiger partial charge in [-0.2, -0.15) is 0 Å². The summed E-state index contributed by atoms with van der Waals surface area (Å²) in [6.07, 6.45) is 2.24. The first-order valence-electron chi connectivity index (χ1n) is 5.23. The molecular formula is C13H16O. The number of fused-ring (bicyclic) bond motifs is 1. The number of benzene rings is 1. The van der Waals surface area contributed by atoms with Crippen LogP contribution in [0.25, 0.3) is 11.0 Å². The van der Waals surface area contributed by atoms with Gasteiger partial charge >= 0.3 is 0 Å². The Bertz CT molecular complexity index is 379. The van der Waals surface area contributed by atoms with Gasteiger partial charge in [0.25, 0.3) is 0 Å². The monoisotopic (exact) mass is 188 g/mol. The molecule has 0 bridgehead atoms. The molecule has 0 aliphatic carbocycles. The lowest BCUT2D eigenvalue weighted by molar-refractivity contribution is 0.499.